The molecular weight excluding hydrogens is 234 g/mol. The summed E-state index contributed by atoms with van der Waals surface area (Å²) in [6.07, 6.45) is 2.89. The largest absolute Gasteiger partial charge is 0.481 e. The smallest absolute Gasteiger partial charge is 0.311 e. The number of carboxylic acid groups (broad SMARTS) is 1. The molecule has 2 rings (SSSR count). The third-order valence-corrected chi connectivity index (χ3v) is 3.59. The molecule has 5 heteroatoms. The Morgan fingerprint density at radius 1 is 1.44 bits per heavy atom. The van der Waals surface area contributed by atoms with Crippen molar-refractivity contribution in [3.63, 3.8) is 0 Å². The predicted octanol–water partition coefficient (Wildman–Crippen LogP) is 1.83. The summed E-state index contributed by atoms with van der Waals surface area (Å²) in [7, 11) is 0. The Morgan fingerprint density at radius 2 is 2.17 bits per heavy atom. The average molecular weight is 251 g/mol. The predicted molar refractivity (Wildman–Crippen MR) is 64.3 cm³/mol. The number of carbonyl (C=O) groups is 2. The van der Waals surface area contributed by atoms with Gasteiger partial charge in [-0.2, -0.15) is 0 Å². The van der Waals surface area contributed by atoms with Gasteiger partial charge in [-0.15, -0.1) is 0 Å². The number of carbonyl (C=O) groups excluding carboxylic acids is 1. The monoisotopic (exact) mass is 251 g/mol. The highest BCUT2D eigenvalue weighted by Crippen LogP contribution is 2.40. The van der Waals surface area contributed by atoms with Gasteiger partial charge in [0.05, 0.1) is 5.41 Å². The first-order valence-corrected chi connectivity index (χ1v) is 6.18. The summed E-state index contributed by atoms with van der Waals surface area (Å²) in [5.74, 6) is -0.187. The van der Waals surface area contributed by atoms with E-state index in [4.69, 9.17) is 9.52 Å². The van der Waals surface area contributed by atoms with Crippen LogP contribution in [0.2, 0.25) is 0 Å². The molecule has 0 saturated heterocycles. The number of amides is 1. The van der Waals surface area contributed by atoms with E-state index < -0.39 is 11.4 Å². The van der Waals surface area contributed by atoms with Crippen LogP contribution in [0.5, 0.6) is 0 Å². The van der Waals surface area contributed by atoms with Crippen LogP contribution in [0.4, 0.5) is 0 Å². The molecule has 1 aliphatic carbocycles. The van der Waals surface area contributed by atoms with Crippen molar-refractivity contribution in [2.75, 3.05) is 6.54 Å². The van der Waals surface area contributed by atoms with E-state index in [1.807, 2.05) is 6.92 Å². The summed E-state index contributed by atoms with van der Waals surface area (Å²) in [4.78, 5) is 22.9. The molecule has 98 valence electrons. The maximum Gasteiger partial charge on any atom is 0.311 e. The van der Waals surface area contributed by atoms with Gasteiger partial charge in [0.2, 0.25) is 0 Å². The number of aryl methyl sites for hydroxylation is 1. The van der Waals surface area contributed by atoms with Crippen LogP contribution < -0.4 is 5.32 Å². The summed E-state index contributed by atoms with van der Waals surface area (Å²) in [5, 5.41) is 11.8. The first-order valence-electron chi connectivity index (χ1n) is 6.18. The zero-order valence-electron chi connectivity index (χ0n) is 10.4. The number of aliphatic carboxylic acids is 1. The van der Waals surface area contributed by atoms with E-state index in [0.717, 1.165) is 18.6 Å². The van der Waals surface area contributed by atoms with Crippen LogP contribution in [0.15, 0.2) is 16.5 Å². The molecule has 1 aliphatic rings. The normalized spacial score (nSPS) is 16.9. The van der Waals surface area contributed by atoms with E-state index in [0.29, 0.717) is 12.8 Å². The van der Waals surface area contributed by atoms with Gasteiger partial charge in [-0.25, -0.2) is 0 Å². The fraction of sp³-hybridized carbons (Fsp3) is 0.538. The Bertz CT molecular complexity index is 459. The molecule has 1 aromatic rings. The maximum atomic E-state index is 11.8. The van der Waals surface area contributed by atoms with Gasteiger partial charge >= 0.3 is 5.97 Å². The molecule has 1 aromatic heterocycles. The highest BCUT2D eigenvalue weighted by atomic mass is 16.4. The van der Waals surface area contributed by atoms with Gasteiger partial charge in [0.1, 0.15) is 5.76 Å². The molecule has 18 heavy (non-hydrogen) atoms. The molecule has 0 bridgehead atoms. The van der Waals surface area contributed by atoms with Crippen LogP contribution in [0.3, 0.4) is 0 Å². The molecule has 1 heterocycles. The highest BCUT2D eigenvalue weighted by Gasteiger charge is 2.44. The number of hydrogen-bond donors (Lipinski definition) is 2. The van der Waals surface area contributed by atoms with E-state index >= 15 is 0 Å². The van der Waals surface area contributed by atoms with Gasteiger partial charge in [-0.3, -0.25) is 9.59 Å². The lowest BCUT2D eigenvalue weighted by molar-refractivity contribution is -0.153. The maximum absolute atomic E-state index is 11.8. The molecule has 2 N–H and O–H groups in total. The van der Waals surface area contributed by atoms with Gasteiger partial charge in [0.25, 0.3) is 5.91 Å². The number of nitrogens with one attached hydrogen (secondary N) is 1. The van der Waals surface area contributed by atoms with E-state index in [1.54, 1.807) is 12.1 Å². The number of furan rings is 1. The van der Waals surface area contributed by atoms with Crippen molar-refractivity contribution in [3.05, 3.63) is 23.7 Å². The number of rotatable bonds is 5. The Morgan fingerprint density at radius 3 is 2.61 bits per heavy atom. The lowest BCUT2D eigenvalue weighted by atomic mass is 9.69. The van der Waals surface area contributed by atoms with Crippen LogP contribution in [-0.4, -0.2) is 23.5 Å². The Balaban J connectivity index is 1.94. The lowest BCUT2D eigenvalue weighted by Crippen LogP contribution is -2.47. The minimum absolute atomic E-state index is 0.170. The third kappa shape index (κ3) is 2.25. The van der Waals surface area contributed by atoms with Crippen LogP contribution in [0.1, 0.15) is 42.5 Å². The van der Waals surface area contributed by atoms with Crippen molar-refractivity contribution in [3.8, 4) is 0 Å². The van der Waals surface area contributed by atoms with Crippen LogP contribution in [0.25, 0.3) is 0 Å². The molecule has 1 amide bonds. The Labute approximate surface area is 105 Å². The zero-order chi connectivity index (χ0) is 13.2. The molecule has 0 atom stereocenters. The van der Waals surface area contributed by atoms with E-state index in [2.05, 4.69) is 5.32 Å². The van der Waals surface area contributed by atoms with E-state index in [9.17, 15) is 9.59 Å². The van der Waals surface area contributed by atoms with Crippen molar-refractivity contribution in [1.29, 1.82) is 0 Å². The van der Waals surface area contributed by atoms with Gasteiger partial charge in [0, 0.05) is 13.0 Å². The van der Waals surface area contributed by atoms with Gasteiger partial charge in [0.15, 0.2) is 5.76 Å². The second-order valence-electron chi connectivity index (χ2n) is 4.74. The molecule has 0 aromatic carbocycles. The second-order valence-corrected chi connectivity index (χ2v) is 4.74. The summed E-state index contributed by atoms with van der Waals surface area (Å²) in [6, 6.07) is 3.37. The second kappa shape index (κ2) is 4.84. The highest BCUT2D eigenvalue weighted by molar-refractivity contribution is 5.92. The van der Waals surface area contributed by atoms with Crippen LogP contribution in [-0.2, 0) is 11.2 Å². The Kier molecular flexibility index (Phi) is 3.41. The quantitative estimate of drug-likeness (QED) is 0.836. The molecule has 0 unspecified atom stereocenters. The topological polar surface area (TPSA) is 79.5 Å². The Hall–Kier alpha value is -1.78. The zero-order valence-corrected chi connectivity index (χ0v) is 10.4. The minimum atomic E-state index is -0.831. The molecule has 0 radical (unpaired) electrons. The summed E-state index contributed by atoms with van der Waals surface area (Å²) in [5.41, 5.74) is -0.768. The van der Waals surface area contributed by atoms with Crippen molar-refractivity contribution in [2.45, 2.75) is 32.6 Å². The first kappa shape index (κ1) is 12.7. The minimum Gasteiger partial charge on any atom is -0.481 e. The van der Waals surface area contributed by atoms with Gasteiger partial charge in [-0.1, -0.05) is 13.3 Å². The van der Waals surface area contributed by atoms with E-state index in [-0.39, 0.29) is 18.2 Å². The molecular formula is C13H17NO4. The van der Waals surface area contributed by atoms with Crippen molar-refractivity contribution in [1.82, 2.24) is 5.32 Å². The van der Waals surface area contributed by atoms with Gasteiger partial charge < -0.3 is 14.8 Å². The van der Waals surface area contributed by atoms with Crippen LogP contribution in [0, 0.1) is 5.41 Å². The van der Waals surface area contributed by atoms with Crippen molar-refractivity contribution >= 4 is 11.9 Å². The fourth-order valence-corrected chi connectivity index (χ4v) is 2.10. The summed E-state index contributed by atoms with van der Waals surface area (Å²) < 4.78 is 5.31. The van der Waals surface area contributed by atoms with Gasteiger partial charge in [-0.05, 0) is 25.0 Å². The summed E-state index contributed by atoms with van der Waals surface area (Å²) >= 11 is 0. The lowest BCUT2D eigenvalue weighted by Gasteiger charge is -2.37. The SMILES string of the molecule is CCc1ccc(C(=O)NCC2(C(=O)O)CCC2)o1. The third-order valence-electron chi connectivity index (χ3n) is 3.59. The molecule has 0 spiro atoms. The van der Waals surface area contributed by atoms with Crippen molar-refractivity contribution < 1.29 is 19.1 Å². The van der Waals surface area contributed by atoms with Crippen molar-refractivity contribution in [2.24, 2.45) is 5.41 Å². The van der Waals surface area contributed by atoms with E-state index in [1.165, 1.54) is 0 Å². The fourth-order valence-electron chi connectivity index (χ4n) is 2.10. The molecule has 0 aliphatic heterocycles. The van der Waals surface area contributed by atoms with Crippen LogP contribution >= 0.6 is 0 Å². The number of hydrogen-bond acceptors (Lipinski definition) is 3. The number of carboxylic acids is 1. The standard InChI is InChI=1S/C13H17NO4/c1-2-9-4-5-10(18-9)11(15)14-8-13(12(16)17)6-3-7-13/h4-5H,2-3,6-8H2,1H3,(H,14,15)(H,16,17). The molecule has 1 saturated carbocycles. The summed E-state index contributed by atoms with van der Waals surface area (Å²) in [6.45, 7) is 2.11. The molecule has 1 fully saturated rings. The average Bonchev–Trinajstić information content (AvgIpc) is 2.75. The molecule has 5 nitrogen and oxygen atoms in total. The first-order chi connectivity index (χ1) is 8.57.